The fraction of sp³-hybridized carbons (Fsp3) is 0.542. The minimum absolute atomic E-state index is 0.0309. The summed E-state index contributed by atoms with van der Waals surface area (Å²) in [5.41, 5.74) is -0.569. The summed E-state index contributed by atoms with van der Waals surface area (Å²) in [4.78, 5) is 30.4. The zero-order valence-corrected chi connectivity index (χ0v) is 20.4. The normalized spacial score (nSPS) is 21.3. The van der Waals surface area contributed by atoms with Crippen LogP contribution in [0.3, 0.4) is 0 Å². The Hall–Kier alpha value is -3.11. The Balaban J connectivity index is 2.45. The van der Waals surface area contributed by atoms with Crippen LogP contribution in [-0.4, -0.2) is 56.7 Å². The van der Waals surface area contributed by atoms with E-state index >= 15 is 0 Å². The lowest BCUT2D eigenvalue weighted by Crippen LogP contribution is -2.52. The Morgan fingerprint density at radius 3 is 2.15 bits per heavy atom. The number of carboxylic acids is 2. The molecule has 1 aliphatic heterocycles. The molecule has 2 atom stereocenters. The van der Waals surface area contributed by atoms with Gasteiger partial charge in [0.25, 0.3) is 0 Å². The maximum absolute atomic E-state index is 13.0. The van der Waals surface area contributed by atoms with E-state index in [1.165, 1.54) is 0 Å². The molecule has 2 N–H and O–H groups in total. The van der Waals surface area contributed by atoms with Gasteiger partial charge in [0.1, 0.15) is 22.1 Å². The molecule has 2 heterocycles. The molecule has 10 heteroatoms. The Morgan fingerprint density at radius 1 is 1.03 bits per heavy atom. The standard InChI is InChI=1S/C24H31N3O7/c1-11(2)24(23(30)31)14(7)25-20(22(32-12(3)4)33-13(5)6)17(21(28)29)18(24)15-9-8-10-16-19(15)27-34-26-16/h8-13,18,22H,1-7H3,(H,28,29)(H,30,31). The van der Waals surface area contributed by atoms with E-state index in [0.29, 0.717) is 11.1 Å². The Kier molecular flexibility index (Phi) is 7.23. The lowest BCUT2D eigenvalue weighted by molar-refractivity contribution is -0.162. The monoisotopic (exact) mass is 473 g/mol. The van der Waals surface area contributed by atoms with Crippen LogP contribution >= 0.6 is 0 Å². The summed E-state index contributed by atoms with van der Waals surface area (Å²) >= 11 is 0. The van der Waals surface area contributed by atoms with Gasteiger partial charge in [-0.15, -0.1) is 0 Å². The second-order valence-electron chi connectivity index (χ2n) is 9.24. The van der Waals surface area contributed by atoms with Crippen molar-refractivity contribution in [3.63, 3.8) is 0 Å². The molecular weight excluding hydrogens is 442 g/mol. The topological polar surface area (TPSA) is 144 Å². The maximum atomic E-state index is 13.0. The Bertz CT molecular complexity index is 1140. The van der Waals surface area contributed by atoms with E-state index in [9.17, 15) is 19.8 Å². The van der Waals surface area contributed by atoms with E-state index in [1.807, 2.05) is 0 Å². The quantitative estimate of drug-likeness (QED) is 0.516. The van der Waals surface area contributed by atoms with Crippen molar-refractivity contribution in [1.82, 2.24) is 10.3 Å². The van der Waals surface area contributed by atoms with Crippen molar-refractivity contribution in [3.05, 3.63) is 35.0 Å². The first-order chi connectivity index (χ1) is 15.9. The smallest absolute Gasteiger partial charge is 0.334 e. The van der Waals surface area contributed by atoms with Crippen LogP contribution in [0.15, 0.2) is 39.1 Å². The van der Waals surface area contributed by atoms with Crippen LogP contribution < -0.4 is 0 Å². The molecule has 0 saturated carbocycles. The van der Waals surface area contributed by atoms with Crippen LogP contribution in [0.2, 0.25) is 0 Å². The fourth-order valence-corrected chi connectivity index (χ4v) is 4.72. The van der Waals surface area contributed by atoms with Gasteiger partial charge in [0.15, 0.2) is 0 Å². The average molecular weight is 474 g/mol. The molecule has 3 rings (SSSR count). The van der Waals surface area contributed by atoms with Gasteiger partial charge in [-0.05, 0) is 62.5 Å². The number of rotatable bonds is 9. The Morgan fingerprint density at radius 2 is 1.65 bits per heavy atom. The van der Waals surface area contributed by atoms with Crippen molar-refractivity contribution >= 4 is 28.7 Å². The van der Waals surface area contributed by atoms with Crippen LogP contribution in [0.1, 0.15) is 59.9 Å². The largest absolute Gasteiger partial charge is 0.481 e. The molecule has 2 aromatic rings. The Labute approximate surface area is 197 Å². The summed E-state index contributed by atoms with van der Waals surface area (Å²) in [6, 6.07) is 4.98. The molecule has 0 spiro atoms. The lowest BCUT2D eigenvalue weighted by atomic mass is 9.58. The van der Waals surface area contributed by atoms with E-state index < -0.39 is 35.5 Å². The van der Waals surface area contributed by atoms with Gasteiger partial charge in [0.2, 0.25) is 6.29 Å². The molecule has 0 fully saturated rings. The predicted octanol–water partition coefficient (Wildman–Crippen LogP) is 4.02. The molecule has 0 bridgehead atoms. The first kappa shape index (κ1) is 25.5. The van der Waals surface area contributed by atoms with Crippen LogP contribution in [-0.2, 0) is 19.1 Å². The summed E-state index contributed by atoms with van der Waals surface area (Å²) in [6.45, 7) is 12.3. The number of ether oxygens (including phenoxy) is 2. The van der Waals surface area contributed by atoms with Crippen molar-refractivity contribution in [2.45, 2.75) is 72.9 Å². The van der Waals surface area contributed by atoms with Crippen molar-refractivity contribution in [1.29, 1.82) is 0 Å². The number of nitrogens with zero attached hydrogens (tertiary/aromatic N) is 3. The number of aromatic nitrogens is 2. The van der Waals surface area contributed by atoms with E-state index in [4.69, 9.17) is 14.1 Å². The van der Waals surface area contributed by atoms with Crippen molar-refractivity contribution in [3.8, 4) is 0 Å². The highest BCUT2D eigenvalue weighted by molar-refractivity contribution is 6.11. The van der Waals surface area contributed by atoms with E-state index in [2.05, 4.69) is 15.3 Å². The summed E-state index contributed by atoms with van der Waals surface area (Å²) in [5, 5.41) is 28.9. The average Bonchev–Trinajstić information content (AvgIpc) is 3.20. The molecule has 0 aliphatic carbocycles. The minimum atomic E-state index is -1.68. The summed E-state index contributed by atoms with van der Waals surface area (Å²) in [7, 11) is 0. The fourth-order valence-electron chi connectivity index (χ4n) is 4.72. The minimum Gasteiger partial charge on any atom is -0.481 e. The number of carboxylic acid groups (broad SMARTS) is 2. The summed E-state index contributed by atoms with van der Waals surface area (Å²) in [6.07, 6.45) is -1.73. The van der Waals surface area contributed by atoms with Gasteiger partial charge in [-0.2, -0.15) is 0 Å². The SMILES string of the molecule is CC1=NC(C(OC(C)C)OC(C)C)=C(C(=O)O)C(c2cccc3nonc23)C1(C(=O)O)C(C)C. The molecule has 1 aromatic carbocycles. The van der Waals surface area contributed by atoms with Crippen LogP contribution in [0.5, 0.6) is 0 Å². The molecule has 184 valence electrons. The number of aliphatic imine (C=N–C) groups is 1. The summed E-state index contributed by atoms with van der Waals surface area (Å²) < 4.78 is 16.8. The van der Waals surface area contributed by atoms with Crippen LogP contribution in [0.25, 0.3) is 11.0 Å². The first-order valence-corrected chi connectivity index (χ1v) is 11.2. The van der Waals surface area contributed by atoms with Gasteiger partial charge in [-0.25, -0.2) is 9.42 Å². The maximum Gasteiger partial charge on any atom is 0.334 e. The third kappa shape index (κ3) is 4.23. The van der Waals surface area contributed by atoms with Crippen molar-refractivity contribution in [2.75, 3.05) is 0 Å². The molecule has 10 nitrogen and oxygen atoms in total. The zero-order chi connectivity index (χ0) is 25.4. The molecule has 0 amide bonds. The number of benzene rings is 1. The number of aliphatic carboxylic acids is 2. The van der Waals surface area contributed by atoms with Gasteiger partial charge in [0.05, 0.1) is 17.8 Å². The van der Waals surface area contributed by atoms with Gasteiger partial charge in [-0.1, -0.05) is 26.0 Å². The highest BCUT2D eigenvalue weighted by Gasteiger charge is 2.58. The van der Waals surface area contributed by atoms with Crippen molar-refractivity contribution < 1.29 is 33.9 Å². The lowest BCUT2D eigenvalue weighted by Gasteiger charge is -2.44. The van der Waals surface area contributed by atoms with Crippen LogP contribution in [0, 0.1) is 11.3 Å². The van der Waals surface area contributed by atoms with Gasteiger partial charge in [-0.3, -0.25) is 9.79 Å². The molecular formula is C24H31N3O7. The van der Waals surface area contributed by atoms with Gasteiger partial charge < -0.3 is 19.7 Å². The molecule has 34 heavy (non-hydrogen) atoms. The van der Waals surface area contributed by atoms with E-state index in [0.717, 1.165) is 0 Å². The summed E-state index contributed by atoms with van der Waals surface area (Å²) in [5.74, 6) is -4.20. The van der Waals surface area contributed by atoms with Crippen molar-refractivity contribution in [2.24, 2.45) is 16.3 Å². The third-order valence-electron chi connectivity index (χ3n) is 6.04. The van der Waals surface area contributed by atoms with E-state index in [1.54, 1.807) is 66.7 Å². The van der Waals surface area contributed by atoms with Gasteiger partial charge >= 0.3 is 11.9 Å². The zero-order valence-electron chi connectivity index (χ0n) is 20.4. The van der Waals surface area contributed by atoms with E-state index in [-0.39, 0.29) is 34.7 Å². The first-order valence-electron chi connectivity index (χ1n) is 11.2. The second-order valence-corrected chi connectivity index (χ2v) is 9.24. The molecule has 1 aliphatic rings. The molecule has 0 radical (unpaired) electrons. The number of fused-ring (bicyclic) bond motifs is 1. The highest BCUT2D eigenvalue weighted by atomic mass is 16.7. The second kappa shape index (κ2) is 9.63. The number of hydrogen-bond acceptors (Lipinski definition) is 8. The molecule has 0 saturated heterocycles. The highest BCUT2D eigenvalue weighted by Crippen LogP contribution is 2.53. The third-order valence-corrected chi connectivity index (χ3v) is 6.04. The van der Waals surface area contributed by atoms with Gasteiger partial charge in [0, 0.05) is 11.6 Å². The molecule has 2 unspecified atom stereocenters. The number of hydrogen-bond donors (Lipinski definition) is 2. The predicted molar refractivity (Wildman–Crippen MR) is 123 cm³/mol. The van der Waals surface area contributed by atoms with Crippen LogP contribution in [0.4, 0.5) is 0 Å². The number of carbonyl (C=O) groups is 2. The molecule has 1 aromatic heterocycles.